The maximum Gasteiger partial charge on any atom is 0.266 e. The van der Waals surface area contributed by atoms with Crippen molar-refractivity contribution in [2.75, 3.05) is 17.2 Å². The number of benzene rings is 3. The molecule has 0 saturated carbocycles. The quantitative estimate of drug-likeness (QED) is 0.366. The van der Waals surface area contributed by atoms with Gasteiger partial charge in [0.05, 0.1) is 0 Å². The summed E-state index contributed by atoms with van der Waals surface area (Å²) in [5.41, 5.74) is 6.14. The van der Waals surface area contributed by atoms with Crippen molar-refractivity contribution in [3.8, 4) is 11.8 Å². The third-order valence-electron chi connectivity index (χ3n) is 5.22. The average Bonchev–Trinajstić information content (AvgIpc) is 2.81. The summed E-state index contributed by atoms with van der Waals surface area (Å²) in [5, 5.41) is 15.1. The molecule has 3 aromatic rings. The van der Waals surface area contributed by atoms with Crippen LogP contribution in [0, 0.1) is 39.0 Å². The summed E-state index contributed by atoms with van der Waals surface area (Å²) in [5.74, 6) is -0.225. The normalized spacial score (nSPS) is 10.9. The monoisotopic (exact) mass is 453 g/mol. The minimum absolute atomic E-state index is 0.0125. The topological polar surface area (TPSA) is 91.2 Å². The molecule has 0 aliphatic heterocycles. The number of hydrogen-bond acceptors (Lipinski definition) is 4. The summed E-state index contributed by atoms with van der Waals surface area (Å²) in [7, 11) is 0. The van der Waals surface area contributed by atoms with Gasteiger partial charge >= 0.3 is 0 Å². The molecular weight excluding hydrogens is 426 g/mol. The highest BCUT2D eigenvalue weighted by Gasteiger charge is 2.11. The molecule has 2 N–H and O–H groups in total. The van der Waals surface area contributed by atoms with Crippen molar-refractivity contribution < 1.29 is 14.3 Å². The van der Waals surface area contributed by atoms with Crippen LogP contribution in [0.4, 0.5) is 11.4 Å². The van der Waals surface area contributed by atoms with Crippen LogP contribution in [0.2, 0.25) is 0 Å². The zero-order valence-electron chi connectivity index (χ0n) is 19.7. The number of hydrogen-bond donors (Lipinski definition) is 2. The molecule has 0 fully saturated rings. The number of ether oxygens (including phenoxy) is 1. The van der Waals surface area contributed by atoms with Crippen molar-refractivity contribution in [1.82, 2.24) is 0 Å². The van der Waals surface area contributed by atoms with Gasteiger partial charge in [-0.1, -0.05) is 42.0 Å². The summed E-state index contributed by atoms with van der Waals surface area (Å²) >= 11 is 0. The summed E-state index contributed by atoms with van der Waals surface area (Å²) in [6.45, 7) is 7.64. The predicted molar refractivity (Wildman–Crippen MR) is 135 cm³/mol. The van der Waals surface area contributed by atoms with Gasteiger partial charge < -0.3 is 15.4 Å². The second-order valence-corrected chi connectivity index (χ2v) is 8.17. The Labute approximate surface area is 199 Å². The number of nitrogens with zero attached hydrogens (tertiary/aromatic N) is 1. The molecule has 0 bridgehead atoms. The van der Waals surface area contributed by atoms with Gasteiger partial charge in [-0.25, -0.2) is 0 Å². The Hall–Kier alpha value is -4.37. The van der Waals surface area contributed by atoms with Gasteiger partial charge in [0.25, 0.3) is 11.8 Å². The van der Waals surface area contributed by atoms with Crippen molar-refractivity contribution in [2.24, 2.45) is 0 Å². The largest absolute Gasteiger partial charge is 0.484 e. The highest BCUT2D eigenvalue weighted by Crippen LogP contribution is 2.19. The van der Waals surface area contributed by atoms with Gasteiger partial charge in [0.15, 0.2) is 6.61 Å². The number of anilines is 2. The number of nitriles is 1. The fourth-order valence-electron chi connectivity index (χ4n) is 3.32. The lowest BCUT2D eigenvalue weighted by atomic mass is 10.1. The number of rotatable bonds is 7. The van der Waals surface area contributed by atoms with Crippen LogP contribution in [0.25, 0.3) is 6.08 Å². The van der Waals surface area contributed by atoms with Crippen LogP contribution in [-0.2, 0) is 9.59 Å². The number of nitrogens with one attached hydrogen (secondary N) is 2. The van der Waals surface area contributed by atoms with E-state index in [0.717, 1.165) is 27.9 Å². The molecule has 6 heteroatoms. The molecule has 2 amide bonds. The second kappa shape index (κ2) is 11.0. The Morgan fingerprint density at radius 2 is 1.53 bits per heavy atom. The van der Waals surface area contributed by atoms with Gasteiger partial charge in [-0.3, -0.25) is 9.59 Å². The fourth-order valence-corrected chi connectivity index (χ4v) is 3.32. The van der Waals surface area contributed by atoms with Crippen LogP contribution in [0.1, 0.15) is 27.8 Å². The Balaban J connectivity index is 1.60. The van der Waals surface area contributed by atoms with Gasteiger partial charge in [-0.05, 0) is 80.3 Å². The first-order valence-corrected chi connectivity index (χ1v) is 10.9. The lowest BCUT2D eigenvalue weighted by molar-refractivity contribution is -0.118. The van der Waals surface area contributed by atoms with Crippen LogP contribution >= 0.6 is 0 Å². The molecule has 3 aromatic carbocycles. The molecule has 0 radical (unpaired) electrons. The van der Waals surface area contributed by atoms with E-state index in [0.29, 0.717) is 17.0 Å². The molecule has 0 heterocycles. The van der Waals surface area contributed by atoms with E-state index in [1.807, 2.05) is 70.2 Å². The highest BCUT2D eigenvalue weighted by atomic mass is 16.5. The lowest BCUT2D eigenvalue weighted by Crippen LogP contribution is -2.20. The van der Waals surface area contributed by atoms with Crippen LogP contribution in [-0.4, -0.2) is 18.4 Å². The first kappa shape index (κ1) is 24.3. The maximum absolute atomic E-state index is 12.6. The van der Waals surface area contributed by atoms with Crippen LogP contribution in [0.5, 0.6) is 5.75 Å². The van der Waals surface area contributed by atoms with E-state index < -0.39 is 5.91 Å². The van der Waals surface area contributed by atoms with E-state index in [4.69, 9.17) is 4.74 Å². The molecule has 6 nitrogen and oxygen atoms in total. The molecule has 0 atom stereocenters. The third-order valence-corrected chi connectivity index (χ3v) is 5.22. The van der Waals surface area contributed by atoms with Crippen molar-refractivity contribution in [3.05, 3.63) is 94.1 Å². The Kier molecular flexibility index (Phi) is 7.83. The van der Waals surface area contributed by atoms with E-state index in [2.05, 4.69) is 10.6 Å². The van der Waals surface area contributed by atoms with Gasteiger partial charge in [0.1, 0.15) is 17.4 Å². The minimum atomic E-state index is -0.474. The van der Waals surface area contributed by atoms with Crippen molar-refractivity contribution >= 4 is 29.3 Å². The molecule has 0 unspecified atom stereocenters. The smallest absolute Gasteiger partial charge is 0.266 e. The van der Waals surface area contributed by atoms with Crippen LogP contribution in [0.3, 0.4) is 0 Å². The highest BCUT2D eigenvalue weighted by molar-refractivity contribution is 6.10. The molecule has 0 spiro atoms. The van der Waals surface area contributed by atoms with Gasteiger partial charge in [-0.15, -0.1) is 0 Å². The number of aryl methyl sites for hydroxylation is 4. The summed E-state index contributed by atoms with van der Waals surface area (Å²) in [6, 6.07) is 20.3. The molecule has 0 saturated heterocycles. The molecule has 0 aliphatic rings. The van der Waals surface area contributed by atoms with Crippen molar-refractivity contribution in [3.63, 3.8) is 0 Å². The van der Waals surface area contributed by atoms with Gasteiger partial charge in [0.2, 0.25) is 0 Å². The maximum atomic E-state index is 12.6. The molecule has 0 aliphatic carbocycles. The van der Waals surface area contributed by atoms with Crippen LogP contribution < -0.4 is 15.4 Å². The lowest BCUT2D eigenvalue weighted by Gasteiger charge is -2.10. The standard InChI is InChI=1S/C28H27N3O3/c1-18-6-12-25(21(4)13-18)31-28(33)23(16-29)15-22-8-10-24(11-9-22)34-17-27(32)30-26-14-19(2)5-7-20(26)3/h5-15H,17H2,1-4H3,(H,30,32)(H,31,33)/b23-15+. The fraction of sp³-hybridized carbons (Fsp3) is 0.179. The molecule has 0 aromatic heterocycles. The third kappa shape index (κ3) is 6.57. The Morgan fingerprint density at radius 1 is 0.853 bits per heavy atom. The number of carbonyl (C=O) groups is 2. The summed E-state index contributed by atoms with van der Waals surface area (Å²) in [4.78, 5) is 24.8. The predicted octanol–water partition coefficient (Wildman–Crippen LogP) is 5.48. The number of amides is 2. The van der Waals surface area contributed by atoms with E-state index in [-0.39, 0.29) is 18.1 Å². The van der Waals surface area contributed by atoms with E-state index >= 15 is 0 Å². The Morgan fingerprint density at radius 3 is 2.21 bits per heavy atom. The minimum Gasteiger partial charge on any atom is -0.484 e. The molecule has 3 rings (SSSR count). The molecule has 34 heavy (non-hydrogen) atoms. The molecular formula is C28H27N3O3. The van der Waals surface area contributed by atoms with Gasteiger partial charge in [0, 0.05) is 11.4 Å². The first-order chi connectivity index (χ1) is 16.2. The first-order valence-electron chi connectivity index (χ1n) is 10.9. The van der Waals surface area contributed by atoms with E-state index in [1.54, 1.807) is 24.3 Å². The van der Waals surface area contributed by atoms with Crippen molar-refractivity contribution in [2.45, 2.75) is 27.7 Å². The summed E-state index contributed by atoms with van der Waals surface area (Å²) in [6.07, 6.45) is 1.51. The number of carbonyl (C=O) groups excluding carboxylic acids is 2. The molecule has 172 valence electrons. The summed E-state index contributed by atoms with van der Waals surface area (Å²) < 4.78 is 5.57. The van der Waals surface area contributed by atoms with Crippen LogP contribution in [0.15, 0.2) is 66.2 Å². The van der Waals surface area contributed by atoms with E-state index in [1.165, 1.54) is 6.08 Å². The zero-order chi connectivity index (χ0) is 24.7. The average molecular weight is 454 g/mol. The van der Waals surface area contributed by atoms with E-state index in [9.17, 15) is 14.9 Å². The van der Waals surface area contributed by atoms with Gasteiger partial charge in [-0.2, -0.15) is 5.26 Å². The second-order valence-electron chi connectivity index (χ2n) is 8.17. The van der Waals surface area contributed by atoms with Crippen molar-refractivity contribution in [1.29, 1.82) is 5.26 Å². The zero-order valence-corrected chi connectivity index (χ0v) is 19.7. The Bertz CT molecular complexity index is 1290. The SMILES string of the molecule is Cc1ccc(NC(=O)/C(C#N)=C/c2ccc(OCC(=O)Nc3cc(C)ccc3C)cc2)c(C)c1.